The molecule has 0 aromatic carbocycles. The third kappa shape index (κ3) is 3.49. The number of hydrogen-bond acceptors (Lipinski definition) is 3. The number of nitrogens with zero attached hydrogens (tertiary/aromatic N) is 2. The predicted octanol–water partition coefficient (Wildman–Crippen LogP) is 0.994. The maximum atomic E-state index is 11.7. The minimum atomic E-state index is -0.911. The van der Waals surface area contributed by atoms with Crippen molar-refractivity contribution in [3.8, 4) is 6.07 Å². The van der Waals surface area contributed by atoms with Crippen molar-refractivity contribution in [1.82, 2.24) is 10.2 Å². The van der Waals surface area contributed by atoms with E-state index in [0.29, 0.717) is 12.5 Å². The molecular formula is C12H21N3O. The standard InChI is InChI=1S/C12H21N3O/c1-12(2,9-13)11(16)14-8-10-4-6-15(3)7-5-10/h10H,4-8H2,1-3H3,(H,14,16). The molecule has 0 unspecified atom stereocenters. The van der Waals surface area contributed by atoms with Crippen LogP contribution >= 0.6 is 0 Å². The van der Waals surface area contributed by atoms with E-state index >= 15 is 0 Å². The maximum Gasteiger partial charge on any atom is 0.239 e. The zero-order chi connectivity index (χ0) is 12.2. The molecule has 1 heterocycles. The van der Waals surface area contributed by atoms with Gasteiger partial charge in [0.15, 0.2) is 0 Å². The summed E-state index contributed by atoms with van der Waals surface area (Å²) >= 11 is 0. The average Bonchev–Trinajstić information content (AvgIpc) is 2.28. The van der Waals surface area contributed by atoms with Gasteiger partial charge in [0.2, 0.25) is 5.91 Å². The van der Waals surface area contributed by atoms with Crippen molar-refractivity contribution in [3.63, 3.8) is 0 Å². The third-order valence-corrected chi connectivity index (χ3v) is 3.24. The molecule has 1 amide bonds. The lowest BCUT2D eigenvalue weighted by Gasteiger charge is -2.29. The van der Waals surface area contributed by atoms with Crippen LogP contribution in [0.4, 0.5) is 0 Å². The molecule has 0 atom stereocenters. The topological polar surface area (TPSA) is 56.1 Å². The molecule has 1 aliphatic rings. The van der Waals surface area contributed by atoms with Crippen LogP contribution in [0.25, 0.3) is 0 Å². The molecule has 4 heteroatoms. The second kappa shape index (κ2) is 5.31. The number of nitrogens with one attached hydrogen (secondary N) is 1. The van der Waals surface area contributed by atoms with E-state index in [1.807, 2.05) is 6.07 Å². The van der Waals surface area contributed by atoms with Gasteiger partial charge in [0.1, 0.15) is 5.41 Å². The molecule has 1 rings (SSSR count). The van der Waals surface area contributed by atoms with Crippen LogP contribution in [-0.2, 0) is 4.79 Å². The van der Waals surface area contributed by atoms with E-state index in [1.54, 1.807) is 13.8 Å². The first kappa shape index (κ1) is 13.0. The van der Waals surface area contributed by atoms with Crippen molar-refractivity contribution in [2.75, 3.05) is 26.7 Å². The molecule has 0 bridgehead atoms. The van der Waals surface area contributed by atoms with Crippen molar-refractivity contribution in [1.29, 1.82) is 5.26 Å². The molecule has 1 fully saturated rings. The van der Waals surface area contributed by atoms with Crippen LogP contribution in [0.5, 0.6) is 0 Å². The fourth-order valence-electron chi connectivity index (χ4n) is 1.77. The number of amides is 1. The van der Waals surface area contributed by atoms with Crippen LogP contribution in [0, 0.1) is 22.7 Å². The van der Waals surface area contributed by atoms with Crippen LogP contribution in [0.15, 0.2) is 0 Å². The van der Waals surface area contributed by atoms with E-state index in [2.05, 4.69) is 17.3 Å². The number of carbonyl (C=O) groups excluding carboxylic acids is 1. The van der Waals surface area contributed by atoms with E-state index in [4.69, 9.17) is 5.26 Å². The summed E-state index contributed by atoms with van der Waals surface area (Å²) in [5.74, 6) is 0.406. The second-order valence-electron chi connectivity index (χ2n) is 5.19. The molecule has 90 valence electrons. The number of nitriles is 1. The third-order valence-electron chi connectivity index (χ3n) is 3.24. The van der Waals surface area contributed by atoms with Crippen LogP contribution in [0.2, 0.25) is 0 Å². The first-order valence-corrected chi connectivity index (χ1v) is 5.84. The Labute approximate surface area is 97.6 Å². The molecule has 16 heavy (non-hydrogen) atoms. The zero-order valence-corrected chi connectivity index (χ0v) is 10.4. The Morgan fingerprint density at radius 2 is 2.06 bits per heavy atom. The van der Waals surface area contributed by atoms with Crippen LogP contribution in [0.1, 0.15) is 26.7 Å². The van der Waals surface area contributed by atoms with Gasteiger partial charge >= 0.3 is 0 Å². The second-order valence-corrected chi connectivity index (χ2v) is 5.19. The van der Waals surface area contributed by atoms with Crippen LogP contribution < -0.4 is 5.32 Å². The summed E-state index contributed by atoms with van der Waals surface area (Å²) in [5.41, 5.74) is -0.911. The first-order valence-electron chi connectivity index (χ1n) is 5.84. The maximum absolute atomic E-state index is 11.7. The predicted molar refractivity (Wildman–Crippen MR) is 62.6 cm³/mol. The highest BCUT2D eigenvalue weighted by atomic mass is 16.2. The molecule has 0 radical (unpaired) electrons. The molecule has 1 N–H and O–H groups in total. The monoisotopic (exact) mass is 223 g/mol. The highest BCUT2D eigenvalue weighted by Crippen LogP contribution is 2.17. The molecule has 0 aliphatic carbocycles. The minimum absolute atomic E-state index is 0.158. The Bertz CT molecular complexity index is 285. The van der Waals surface area contributed by atoms with Gasteiger partial charge in [-0.2, -0.15) is 5.26 Å². The van der Waals surface area contributed by atoms with Crippen LogP contribution in [-0.4, -0.2) is 37.5 Å². The van der Waals surface area contributed by atoms with Crippen molar-refractivity contribution in [3.05, 3.63) is 0 Å². The molecular weight excluding hydrogens is 202 g/mol. The van der Waals surface area contributed by atoms with E-state index in [-0.39, 0.29) is 5.91 Å². The Morgan fingerprint density at radius 3 is 2.56 bits per heavy atom. The number of rotatable bonds is 3. The van der Waals surface area contributed by atoms with Crippen LogP contribution in [0.3, 0.4) is 0 Å². The van der Waals surface area contributed by atoms with Gasteiger partial charge in [-0.15, -0.1) is 0 Å². The Balaban J connectivity index is 2.30. The van der Waals surface area contributed by atoms with Gasteiger partial charge in [0.05, 0.1) is 6.07 Å². The summed E-state index contributed by atoms with van der Waals surface area (Å²) in [6.07, 6.45) is 2.26. The normalized spacial score (nSPS) is 19.1. The lowest BCUT2D eigenvalue weighted by molar-refractivity contribution is -0.127. The lowest BCUT2D eigenvalue weighted by atomic mass is 9.93. The van der Waals surface area contributed by atoms with Gasteiger partial charge < -0.3 is 10.2 Å². The highest BCUT2D eigenvalue weighted by Gasteiger charge is 2.27. The SMILES string of the molecule is CN1CCC(CNC(=O)C(C)(C)C#N)CC1. The molecule has 0 aromatic rings. The van der Waals surface area contributed by atoms with E-state index in [9.17, 15) is 4.79 Å². The summed E-state index contributed by atoms with van der Waals surface area (Å²) in [5, 5.41) is 11.7. The van der Waals surface area contributed by atoms with Crippen molar-refractivity contribution in [2.24, 2.45) is 11.3 Å². The van der Waals surface area contributed by atoms with Crippen molar-refractivity contribution in [2.45, 2.75) is 26.7 Å². The Morgan fingerprint density at radius 1 is 1.50 bits per heavy atom. The summed E-state index contributed by atoms with van der Waals surface area (Å²) in [4.78, 5) is 14.0. The number of carbonyl (C=O) groups is 1. The quantitative estimate of drug-likeness (QED) is 0.776. The van der Waals surface area contributed by atoms with Gasteiger partial charge in [-0.1, -0.05) is 0 Å². The summed E-state index contributed by atoms with van der Waals surface area (Å²) < 4.78 is 0. The van der Waals surface area contributed by atoms with Gasteiger partial charge in [-0.05, 0) is 52.7 Å². The molecule has 1 saturated heterocycles. The molecule has 0 saturated carbocycles. The first-order chi connectivity index (χ1) is 7.45. The molecule has 1 aliphatic heterocycles. The fourth-order valence-corrected chi connectivity index (χ4v) is 1.77. The van der Waals surface area contributed by atoms with Crippen molar-refractivity contribution >= 4 is 5.91 Å². The zero-order valence-electron chi connectivity index (χ0n) is 10.4. The number of hydrogen-bond donors (Lipinski definition) is 1. The van der Waals surface area contributed by atoms with E-state index < -0.39 is 5.41 Å². The van der Waals surface area contributed by atoms with E-state index in [0.717, 1.165) is 25.9 Å². The van der Waals surface area contributed by atoms with E-state index in [1.165, 1.54) is 0 Å². The summed E-state index contributed by atoms with van der Waals surface area (Å²) in [7, 11) is 2.12. The lowest BCUT2D eigenvalue weighted by Crippen LogP contribution is -2.41. The number of piperidine rings is 1. The van der Waals surface area contributed by atoms with Crippen molar-refractivity contribution < 1.29 is 4.79 Å². The average molecular weight is 223 g/mol. The Kier molecular flexibility index (Phi) is 4.31. The summed E-state index contributed by atoms with van der Waals surface area (Å²) in [6.45, 7) is 6.20. The van der Waals surface area contributed by atoms with Gasteiger partial charge in [0.25, 0.3) is 0 Å². The largest absolute Gasteiger partial charge is 0.354 e. The van der Waals surface area contributed by atoms with Gasteiger partial charge in [-0.25, -0.2) is 0 Å². The highest BCUT2D eigenvalue weighted by molar-refractivity contribution is 5.84. The minimum Gasteiger partial charge on any atom is -0.354 e. The smallest absolute Gasteiger partial charge is 0.239 e. The molecule has 4 nitrogen and oxygen atoms in total. The Hall–Kier alpha value is -1.08. The van der Waals surface area contributed by atoms with Gasteiger partial charge in [0, 0.05) is 6.54 Å². The fraction of sp³-hybridized carbons (Fsp3) is 0.833. The summed E-state index contributed by atoms with van der Waals surface area (Å²) in [6, 6.07) is 2.02. The van der Waals surface area contributed by atoms with Gasteiger partial charge in [-0.3, -0.25) is 4.79 Å². The molecule has 0 spiro atoms. The molecule has 0 aromatic heterocycles. The number of likely N-dealkylation sites (tertiary alicyclic amines) is 1.